The monoisotopic (exact) mass is 199 g/mol. The Bertz CT molecular complexity index is 379. The van der Waals surface area contributed by atoms with Crippen molar-refractivity contribution in [3.05, 3.63) is 28.8 Å². The summed E-state index contributed by atoms with van der Waals surface area (Å²) in [5.74, 6) is -2.13. The van der Waals surface area contributed by atoms with Crippen molar-refractivity contribution in [3.8, 4) is 5.75 Å². The predicted octanol–water partition coefficient (Wildman–Crippen LogP) is 2.01. The van der Waals surface area contributed by atoms with Gasteiger partial charge >= 0.3 is 0 Å². The van der Waals surface area contributed by atoms with E-state index >= 15 is 0 Å². The molecule has 0 bridgehead atoms. The zero-order valence-corrected chi connectivity index (χ0v) is 7.56. The largest absolute Gasteiger partial charge is 0.508 e. The molecule has 3 N–H and O–H groups in total. The lowest BCUT2D eigenvalue weighted by molar-refractivity contribution is 0.420. The molecule has 0 radical (unpaired) electrons. The molecule has 1 aromatic rings. The summed E-state index contributed by atoms with van der Waals surface area (Å²) < 4.78 is 26.3. The van der Waals surface area contributed by atoms with Crippen LogP contribution in [0.25, 0.3) is 0 Å². The van der Waals surface area contributed by atoms with Crippen LogP contribution in [0.5, 0.6) is 5.75 Å². The maximum atomic E-state index is 13.3. The van der Waals surface area contributed by atoms with Crippen LogP contribution in [0.15, 0.2) is 6.07 Å². The van der Waals surface area contributed by atoms with Gasteiger partial charge in [0.2, 0.25) is 0 Å². The molecule has 2 rings (SSSR count). The van der Waals surface area contributed by atoms with Gasteiger partial charge in [-0.25, -0.2) is 8.78 Å². The third-order valence-corrected chi connectivity index (χ3v) is 2.66. The zero-order chi connectivity index (χ0) is 10.3. The summed E-state index contributed by atoms with van der Waals surface area (Å²) >= 11 is 0. The van der Waals surface area contributed by atoms with Gasteiger partial charge in [-0.3, -0.25) is 0 Å². The molecule has 0 saturated carbocycles. The highest BCUT2D eigenvalue weighted by molar-refractivity contribution is 5.43. The van der Waals surface area contributed by atoms with Gasteiger partial charge in [-0.1, -0.05) is 0 Å². The van der Waals surface area contributed by atoms with Crippen LogP contribution in [-0.2, 0) is 6.42 Å². The molecule has 4 heteroatoms. The van der Waals surface area contributed by atoms with E-state index in [1.807, 2.05) is 0 Å². The molecule has 0 heterocycles. The van der Waals surface area contributed by atoms with Gasteiger partial charge in [-0.2, -0.15) is 0 Å². The molecule has 0 spiro atoms. The van der Waals surface area contributed by atoms with Gasteiger partial charge in [0.1, 0.15) is 5.75 Å². The van der Waals surface area contributed by atoms with Crippen LogP contribution in [0.1, 0.15) is 30.0 Å². The third-order valence-electron chi connectivity index (χ3n) is 2.66. The Kier molecular flexibility index (Phi) is 2.15. The van der Waals surface area contributed by atoms with Crippen LogP contribution in [0.2, 0.25) is 0 Å². The number of rotatable bonds is 0. The van der Waals surface area contributed by atoms with E-state index in [1.165, 1.54) is 0 Å². The van der Waals surface area contributed by atoms with Crippen molar-refractivity contribution in [1.82, 2.24) is 0 Å². The summed E-state index contributed by atoms with van der Waals surface area (Å²) in [6.07, 6.45) is 1.99. The highest BCUT2D eigenvalue weighted by atomic mass is 19.2. The number of aromatic hydroxyl groups is 1. The summed E-state index contributed by atoms with van der Waals surface area (Å²) in [7, 11) is 0. The number of benzene rings is 1. The van der Waals surface area contributed by atoms with Crippen molar-refractivity contribution in [2.75, 3.05) is 0 Å². The van der Waals surface area contributed by atoms with Gasteiger partial charge in [0.15, 0.2) is 11.6 Å². The van der Waals surface area contributed by atoms with Crippen LogP contribution in [0, 0.1) is 11.6 Å². The first-order chi connectivity index (χ1) is 6.61. The maximum Gasteiger partial charge on any atom is 0.164 e. The summed E-state index contributed by atoms with van der Waals surface area (Å²) in [4.78, 5) is 0. The number of phenols is 1. The Hall–Kier alpha value is -1.16. The molecule has 0 aromatic heterocycles. The summed E-state index contributed by atoms with van der Waals surface area (Å²) in [6, 6.07) is 0.312. The van der Waals surface area contributed by atoms with E-state index in [0.717, 1.165) is 12.5 Å². The molecule has 0 unspecified atom stereocenters. The second-order valence-electron chi connectivity index (χ2n) is 3.58. The Morgan fingerprint density at radius 2 is 2.14 bits per heavy atom. The Labute approximate surface area is 80.4 Å². The number of hydrogen-bond acceptors (Lipinski definition) is 2. The molecular formula is C10H11F2NO. The number of phenolic OH excluding ortho intramolecular Hbond substituents is 1. The number of nitrogens with two attached hydrogens (primary N) is 1. The first-order valence-corrected chi connectivity index (χ1v) is 4.56. The smallest absolute Gasteiger partial charge is 0.164 e. The lowest BCUT2D eigenvalue weighted by Crippen LogP contribution is -2.20. The lowest BCUT2D eigenvalue weighted by Gasteiger charge is -2.23. The Morgan fingerprint density at radius 1 is 1.43 bits per heavy atom. The first-order valence-electron chi connectivity index (χ1n) is 4.56. The number of halogens is 2. The average Bonchev–Trinajstić information content (AvgIpc) is 2.14. The highest BCUT2D eigenvalue weighted by Crippen LogP contribution is 2.36. The van der Waals surface area contributed by atoms with Gasteiger partial charge in [0.25, 0.3) is 0 Å². The number of hydrogen-bond donors (Lipinski definition) is 2. The highest BCUT2D eigenvalue weighted by Gasteiger charge is 2.25. The van der Waals surface area contributed by atoms with Gasteiger partial charge in [0.05, 0.1) is 0 Å². The molecule has 0 fully saturated rings. The van der Waals surface area contributed by atoms with Crippen LogP contribution < -0.4 is 5.73 Å². The molecule has 1 aliphatic rings. The minimum atomic E-state index is -1.03. The second-order valence-corrected chi connectivity index (χ2v) is 3.58. The first kappa shape index (κ1) is 9.40. The van der Waals surface area contributed by atoms with Crippen molar-refractivity contribution in [3.63, 3.8) is 0 Å². The Balaban J connectivity index is 2.67. The predicted molar refractivity (Wildman–Crippen MR) is 47.9 cm³/mol. The van der Waals surface area contributed by atoms with Crippen LogP contribution in [-0.4, -0.2) is 5.11 Å². The SMILES string of the molecule is N[C@@H]1CCCc2c(O)cc(F)c(F)c21. The Morgan fingerprint density at radius 3 is 2.86 bits per heavy atom. The topological polar surface area (TPSA) is 46.2 Å². The fourth-order valence-electron chi connectivity index (χ4n) is 1.96. The van der Waals surface area contributed by atoms with E-state index in [9.17, 15) is 13.9 Å². The van der Waals surface area contributed by atoms with E-state index in [-0.39, 0.29) is 11.3 Å². The maximum absolute atomic E-state index is 13.3. The van der Waals surface area contributed by atoms with Crippen molar-refractivity contribution in [2.24, 2.45) is 5.73 Å². The second kappa shape index (κ2) is 3.20. The van der Waals surface area contributed by atoms with Gasteiger partial charge in [0, 0.05) is 23.2 Å². The quantitative estimate of drug-likeness (QED) is 0.671. The van der Waals surface area contributed by atoms with Crippen molar-refractivity contribution in [2.45, 2.75) is 25.3 Å². The number of fused-ring (bicyclic) bond motifs is 1. The van der Waals surface area contributed by atoms with Crippen molar-refractivity contribution in [1.29, 1.82) is 0 Å². The fourth-order valence-corrected chi connectivity index (χ4v) is 1.96. The molecule has 0 saturated heterocycles. The van der Waals surface area contributed by atoms with Crippen LogP contribution >= 0.6 is 0 Å². The van der Waals surface area contributed by atoms with Crippen LogP contribution in [0.4, 0.5) is 8.78 Å². The van der Waals surface area contributed by atoms with Crippen molar-refractivity contribution >= 4 is 0 Å². The van der Waals surface area contributed by atoms with Gasteiger partial charge in [-0.05, 0) is 19.3 Å². The minimum Gasteiger partial charge on any atom is -0.508 e. The van der Waals surface area contributed by atoms with Crippen molar-refractivity contribution < 1.29 is 13.9 Å². The molecule has 1 aliphatic carbocycles. The fraction of sp³-hybridized carbons (Fsp3) is 0.400. The summed E-state index contributed by atoms with van der Waals surface area (Å²) in [6.45, 7) is 0. The van der Waals surface area contributed by atoms with E-state index < -0.39 is 17.7 Å². The molecule has 14 heavy (non-hydrogen) atoms. The molecule has 0 amide bonds. The summed E-state index contributed by atoms with van der Waals surface area (Å²) in [5.41, 5.74) is 6.27. The van der Waals surface area contributed by atoms with E-state index in [0.29, 0.717) is 18.4 Å². The molecule has 76 valence electrons. The van der Waals surface area contributed by atoms with Crippen LogP contribution in [0.3, 0.4) is 0 Å². The van der Waals surface area contributed by atoms with E-state index in [4.69, 9.17) is 5.73 Å². The van der Waals surface area contributed by atoms with E-state index in [2.05, 4.69) is 0 Å². The van der Waals surface area contributed by atoms with Gasteiger partial charge < -0.3 is 10.8 Å². The van der Waals surface area contributed by atoms with E-state index in [1.54, 1.807) is 0 Å². The summed E-state index contributed by atoms with van der Waals surface area (Å²) in [5, 5.41) is 9.42. The lowest BCUT2D eigenvalue weighted by atomic mass is 9.87. The molecule has 0 aliphatic heterocycles. The minimum absolute atomic E-state index is 0.147. The average molecular weight is 199 g/mol. The molecule has 1 aromatic carbocycles. The molecule has 2 nitrogen and oxygen atoms in total. The third kappa shape index (κ3) is 1.26. The standard InChI is InChI=1S/C10H11F2NO/c11-6-4-8(14)5-2-1-3-7(13)9(5)10(6)12/h4,7,14H,1-3,13H2/t7-/m1/s1. The molecular weight excluding hydrogens is 188 g/mol. The zero-order valence-electron chi connectivity index (χ0n) is 7.56. The normalized spacial score (nSPS) is 20.6. The van der Waals surface area contributed by atoms with Gasteiger partial charge in [-0.15, -0.1) is 0 Å². The molecule has 1 atom stereocenters.